The fraction of sp³-hybridized carbons (Fsp3) is 0.125. The van der Waals surface area contributed by atoms with Gasteiger partial charge in [-0.05, 0) is 28.6 Å². The van der Waals surface area contributed by atoms with Crippen LogP contribution in [0.2, 0.25) is 0 Å². The number of hydrogen-bond donors (Lipinski definition) is 1. The van der Waals surface area contributed by atoms with Gasteiger partial charge in [-0.1, -0.05) is 36.0 Å². The van der Waals surface area contributed by atoms with Gasteiger partial charge in [0, 0.05) is 30.0 Å². The first-order valence-electron chi connectivity index (χ1n) is 7.64. The van der Waals surface area contributed by atoms with Gasteiger partial charge in [-0.25, -0.2) is 0 Å². The first-order valence-corrected chi connectivity index (χ1v) is 8.63. The molecule has 1 N–H and O–H groups in total. The molecule has 0 aliphatic heterocycles. The number of benzene rings is 2. The maximum atomic E-state index is 12.1. The Morgan fingerprint density at radius 3 is 2.77 bits per heavy atom. The normalized spacial score (nSPS) is 10.5. The number of hydrogen-bond acceptors (Lipinski definition) is 7. The maximum Gasteiger partial charge on any atom is 0.270 e. The second kappa shape index (κ2) is 8.21. The number of rotatable bonds is 7. The number of nitro groups is 1. The Morgan fingerprint density at radius 2 is 2.00 bits per heavy atom. The molecule has 0 saturated carbocycles. The number of nitrogens with zero attached hydrogens (tertiary/aromatic N) is 5. The van der Waals surface area contributed by atoms with Gasteiger partial charge in [-0.2, -0.15) is 4.68 Å². The Kier molecular flexibility index (Phi) is 5.54. The monoisotopic (exact) mass is 370 g/mol. The Labute approximate surface area is 152 Å². The summed E-state index contributed by atoms with van der Waals surface area (Å²) in [4.78, 5) is 22.3. The third kappa shape index (κ3) is 4.22. The first-order chi connectivity index (χ1) is 12.6. The molecule has 0 atom stereocenters. The van der Waals surface area contributed by atoms with E-state index in [9.17, 15) is 14.9 Å². The lowest BCUT2D eigenvalue weighted by atomic mass is 10.2. The summed E-state index contributed by atoms with van der Waals surface area (Å²) in [6.45, 7) is 0.369. The number of carbonyl (C=O) groups is 1. The number of carbonyl (C=O) groups excluding carboxylic acids is 1. The number of non-ortho nitro benzene ring substituents is 1. The number of amides is 1. The minimum atomic E-state index is -0.532. The number of nitro benzene ring substituents is 1. The highest BCUT2D eigenvalue weighted by Gasteiger charge is 2.12. The van der Waals surface area contributed by atoms with Gasteiger partial charge in [-0.3, -0.25) is 14.9 Å². The Morgan fingerprint density at radius 1 is 1.19 bits per heavy atom. The quantitative estimate of drug-likeness (QED) is 0.293. The Bertz CT molecular complexity index is 915. The highest BCUT2D eigenvalue weighted by Crippen LogP contribution is 2.17. The van der Waals surface area contributed by atoms with Gasteiger partial charge in [-0.15, -0.1) is 5.10 Å². The van der Waals surface area contributed by atoms with E-state index in [1.54, 1.807) is 4.68 Å². The van der Waals surface area contributed by atoms with E-state index >= 15 is 0 Å². The summed E-state index contributed by atoms with van der Waals surface area (Å²) in [5.74, 6) is 0.186. The summed E-state index contributed by atoms with van der Waals surface area (Å²) in [6.07, 6.45) is 0. The second-order valence-corrected chi connectivity index (χ2v) is 6.18. The number of para-hydroxylation sites is 1. The predicted molar refractivity (Wildman–Crippen MR) is 95.3 cm³/mol. The average molecular weight is 370 g/mol. The van der Waals surface area contributed by atoms with Crippen LogP contribution in [0.25, 0.3) is 5.69 Å². The minimum Gasteiger partial charge on any atom is -0.351 e. The second-order valence-electron chi connectivity index (χ2n) is 5.12. The van der Waals surface area contributed by atoms with Crippen LogP contribution < -0.4 is 5.32 Å². The molecule has 1 amide bonds. The van der Waals surface area contributed by atoms with Crippen LogP contribution in [-0.4, -0.2) is 43.3 Å². The van der Waals surface area contributed by atoms with Crippen molar-refractivity contribution in [3.63, 3.8) is 0 Å². The molecule has 0 fully saturated rings. The molecule has 9 nitrogen and oxygen atoms in total. The smallest absolute Gasteiger partial charge is 0.270 e. The molecule has 10 heteroatoms. The largest absolute Gasteiger partial charge is 0.351 e. The maximum absolute atomic E-state index is 12.1. The van der Waals surface area contributed by atoms with Gasteiger partial charge in [0.1, 0.15) is 0 Å². The number of nitrogens with one attached hydrogen (secondary N) is 1. The zero-order valence-corrected chi connectivity index (χ0v) is 14.3. The highest BCUT2D eigenvalue weighted by molar-refractivity contribution is 7.99. The number of thioether (sulfide) groups is 1. The van der Waals surface area contributed by atoms with Crippen molar-refractivity contribution in [3.05, 3.63) is 70.3 Å². The molecular formula is C16H14N6O3S. The fourth-order valence-corrected chi connectivity index (χ4v) is 2.91. The van der Waals surface area contributed by atoms with Crippen molar-refractivity contribution < 1.29 is 9.72 Å². The van der Waals surface area contributed by atoms with Crippen molar-refractivity contribution >= 4 is 23.4 Å². The molecule has 0 saturated heterocycles. The Hall–Kier alpha value is -3.27. The van der Waals surface area contributed by atoms with Crippen LogP contribution in [0.4, 0.5) is 5.69 Å². The lowest BCUT2D eigenvalue weighted by molar-refractivity contribution is -0.384. The van der Waals surface area contributed by atoms with Gasteiger partial charge in [0.2, 0.25) is 5.16 Å². The molecule has 132 valence electrons. The predicted octanol–water partition coefficient (Wildman–Crippen LogP) is 2.09. The topological polar surface area (TPSA) is 116 Å². The molecule has 3 aromatic rings. The van der Waals surface area contributed by atoms with E-state index in [1.807, 2.05) is 30.3 Å². The van der Waals surface area contributed by atoms with Gasteiger partial charge in [0.15, 0.2) is 0 Å². The van der Waals surface area contributed by atoms with Crippen molar-refractivity contribution in [2.45, 2.75) is 5.16 Å². The van der Waals surface area contributed by atoms with Crippen molar-refractivity contribution in [2.24, 2.45) is 0 Å². The fourth-order valence-electron chi connectivity index (χ4n) is 2.17. The van der Waals surface area contributed by atoms with E-state index in [0.717, 1.165) is 5.69 Å². The van der Waals surface area contributed by atoms with Crippen LogP contribution >= 0.6 is 11.8 Å². The third-order valence-corrected chi connectivity index (χ3v) is 4.30. The van der Waals surface area contributed by atoms with Crippen molar-refractivity contribution in [3.8, 4) is 5.69 Å². The molecular weight excluding hydrogens is 356 g/mol. The first kappa shape index (κ1) is 17.5. The molecule has 0 radical (unpaired) electrons. The van der Waals surface area contributed by atoms with Crippen molar-refractivity contribution in [1.82, 2.24) is 25.5 Å². The van der Waals surface area contributed by atoms with Gasteiger partial charge in [0.05, 0.1) is 10.6 Å². The molecule has 0 aliphatic carbocycles. The number of aromatic nitrogens is 4. The van der Waals surface area contributed by atoms with E-state index < -0.39 is 4.92 Å². The van der Waals surface area contributed by atoms with Crippen LogP contribution in [-0.2, 0) is 0 Å². The average Bonchev–Trinajstić information content (AvgIpc) is 3.14. The van der Waals surface area contributed by atoms with Crippen molar-refractivity contribution in [2.75, 3.05) is 12.3 Å². The van der Waals surface area contributed by atoms with Crippen LogP contribution in [0.1, 0.15) is 10.4 Å². The number of tetrazole rings is 1. The van der Waals surface area contributed by atoms with Gasteiger partial charge in [0.25, 0.3) is 11.6 Å². The minimum absolute atomic E-state index is 0.117. The summed E-state index contributed by atoms with van der Waals surface area (Å²) >= 11 is 1.40. The van der Waals surface area contributed by atoms with Crippen LogP contribution in [0.5, 0.6) is 0 Å². The van der Waals surface area contributed by atoms with Crippen LogP contribution in [0.15, 0.2) is 59.8 Å². The zero-order chi connectivity index (χ0) is 18.4. The van der Waals surface area contributed by atoms with E-state index in [-0.39, 0.29) is 17.2 Å². The van der Waals surface area contributed by atoms with Crippen LogP contribution in [0.3, 0.4) is 0 Å². The molecule has 0 bridgehead atoms. The standard InChI is InChI=1S/C16H14N6O3S/c23-15(12-5-4-8-14(11-12)22(24)25)17-9-10-26-16-18-19-20-21(16)13-6-2-1-3-7-13/h1-8,11H,9-10H2,(H,17,23). The molecule has 2 aromatic carbocycles. The zero-order valence-electron chi connectivity index (χ0n) is 13.5. The molecule has 3 rings (SSSR count). The molecule has 0 aliphatic rings. The SMILES string of the molecule is O=C(NCCSc1nnnn1-c1ccccc1)c1cccc([N+](=O)[O-])c1. The molecule has 26 heavy (non-hydrogen) atoms. The van der Waals surface area contributed by atoms with Crippen LogP contribution in [0, 0.1) is 10.1 Å². The summed E-state index contributed by atoms with van der Waals surface area (Å²) in [5.41, 5.74) is 0.980. The highest BCUT2D eigenvalue weighted by atomic mass is 32.2. The third-order valence-electron chi connectivity index (χ3n) is 3.38. The van der Waals surface area contributed by atoms with Crippen molar-refractivity contribution in [1.29, 1.82) is 0 Å². The molecule has 0 unspecified atom stereocenters. The summed E-state index contributed by atoms with van der Waals surface area (Å²) in [7, 11) is 0. The van der Waals surface area contributed by atoms with E-state index in [4.69, 9.17) is 0 Å². The lowest BCUT2D eigenvalue weighted by Crippen LogP contribution is -2.25. The summed E-state index contributed by atoms with van der Waals surface area (Å²) in [6, 6.07) is 15.1. The summed E-state index contributed by atoms with van der Waals surface area (Å²) < 4.78 is 1.62. The molecule has 1 aromatic heterocycles. The Balaban J connectivity index is 1.54. The molecule has 1 heterocycles. The summed E-state index contributed by atoms with van der Waals surface area (Å²) in [5, 5.41) is 25.7. The van der Waals surface area contributed by atoms with Gasteiger partial charge < -0.3 is 5.32 Å². The van der Waals surface area contributed by atoms with E-state index in [0.29, 0.717) is 17.5 Å². The van der Waals surface area contributed by atoms with E-state index in [2.05, 4.69) is 20.8 Å². The lowest BCUT2D eigenvalue weighted by Gasteiger charge is -2.06. The van der Waals surface area contributed by atoms with E-state index in [1.165, 1.54) is 36.0 Å². The molecule has 0 spiro atoms. The van der Waals surface area contributed by atoms with Gasteiger partial charge >= 0.3 is 0 Å².